The van der Waals surface area contributed by atoms with Crippen LogP contribution in [-0.2, 0) is 6.61 Å². The first kappa shape index (κ1) is 15.8. The first-order valence-corrected chi connectivity index (χ1v) is 7.57. The molecule has 1 aromatic rings. The first-order valence-electron chi connectivity index (χ1n) is 7.57. The second-order valence-corrected chi connectivity index (χ2v) is 5.96. The number of aliphatic hydroxyl groups excluding tert-OH is 1. The third-order valence-electron chi connectivity index (χ3n) is 4.19. The predicted molar refractivity (Wildman–Crippen MR) is 78.7 cm³/mol. The summed E-state index contributed by atoms with van der Waals surface area (Å²) in [5.74, 6) is 0. The second kappa shape index (κ2) is 6.89. The summed E-state index contributed by atoms with van der Waals surface area (Å²) in [5.41, 5.74) is 0.560. The van der Waals surface area contributed by atoms with Gasteiger partial charge in [0.2, 0.25) is 0 Å². The van der Waals surface area contributed by atoms with Crippen LogP contribution in [0.1, 0.15) is 51.3 Å². The number of amides is 2. The van der Waals surface area contributed by atoms with Crippen molar-refractivity contribution in [1.29, 1.82) is 0 Å². The van der Waals surface area contributed by atoms with Gasteiger partial charge in [0.05, 0.1) is 24.9 Å². The monoisotopic (exact) mass is 295 g/mol. The summed E-state index contributed by atoms with van der Waals surface area (Å²) in [6, 6.07) is 0.278. The molecule has 0 unspecified atom stereocenters. The molecule has 7 heteroatoms. The Balaban J connectivity index is 2.06. The Bertz CT molecular complexity index is 474. The molecular weight excluding hydrogens is 270 g/mol. The molecule has 0 radical (unpaired) electrons. The van der Waals surface area contributed by atoms with Crippen LogP contribution >= 0.6 is 0 Å². The molecule has 2 atom stereocenters. The molecule has 1 aliphatic carbocycles. The lowest BCUT2D eigenvalue weighted by molar-refractivity contribution is 0.177. The number of carbonyl (C=O) groups is 1. The Kier molecular flexibility index (Phi) is 5.17. The molecule has 1 aliphatic rings. The van der Waals surface area contributed by atoms with Gasteiger partial charge in [-0.3, -0.25) is 0 Å². The van der Waals surface area contributed by atoms with Crippen molar-refractivity contribution in [2.75, 3.05) is 7.05 Å². The van der Waals surface area contributed by atoms with E-state index in [2.05, 4.69) is 15.6 Å². The van der Waals surface area contributed by atoms with Crippen LogP contribution in [0.4, 0.5) is 4.79 Å². The van der Waals surface area contributed by atoms with E-state index in [4.69, 9.17) is 5.11 Å². The quantitative estimate of drug-likeness (QED) is 0.877. The zero-order valence-electron chi connectivity index (χ0n) is 13.0. The van der Waals surface area contributed by atoms with Gasteiger partial charge in [-0.25, -0.2) is 9.48 Å². The van der Waals surface area contributed by atoms with Crippen molar-refractivity contribution in [1.82, 2.24) is 25.2 Å². The molecule has 0 aliphatic heterocycles. The van der Waals surface area contributed by atoms with Gasteiger partial charge < -0.3 is 15.3 Å². The number of aromatic nitrogens is 3. The van der Waals surface area contributed by atoms with E-state index in [-0.39, 0.29) is 30.8 Å². The first-order chi connectivity index (χ1) is 10.0. The lowest BCUT2D eigenvalue weighted by Gasteiger charge is -2.34. The van der Waals surface area contributed by atoms with Crippen molar-refractivity contribution in [3.63, 3.8) is 0 Å². The van der Waals surface area contributed by atoms with Crippen molar-refractivity contribution in [2.24, 2.45) is 0 Å². The minimum atomic E-state index is -0.111. The third-order valence-corrected chi connectivity index (χ3v) is 4.19. The van der Waals surface area contributed by atoms with Gasteiger partial charge >= 0.3 is 6.03 Å². The van der Waals surface area contributed by atoms with E-state index < -0.39 is 0 Å². The third kappa shape index (κ3) is 3.72. The Morgan fingerprint density at radius 3 is 2.86 bits per heavy atom. The maximum absolute atomic E-state index is 12.2. The molecule has 1 aromatic heterocycles. The van der Waals surface area contributed by atoms with Crippen molar-refractivity contribution in [3.05, 3.63) is 11.9 Å². The highest BCUT2D eigenvalue weighted by Crippen LogP contribution is 2.28. The molecule has 0 aromatic carbocycles. The van der Waals surface area contributed by atoms with Crippen LogP contribution < -0.4 is 5.32 Å². The predicted octanol–water partition coefficient (Wildman–Crippen LogP) is 1.30. The fourth-order valence-electron chi connectivity index (χ4n) is 2.64. The molecular formula is C14H25N5O2. The van der Waals surface area contributed by atoms with Gasteiger partial charge in [-0.2, -0.15) is 0 Å². The fourth-order valence-corrected chi connectivity index (χ4v) is 2.64. The van der Waals surface area contributed by atoms with Crippen LogP contribution in [0.2, 0.25) is 0 Å². The number of aliphatic hydroxyl groups is 1. The van der Waals surface area contributed by atoms with Crippen molar-refractivity contribution in [2.45, 2.75) is 64.3 Å². The lowest BCUT2D eigenvalue weighted by Crippen LogP contribution is -2.49. The van der Waals surface area contributed by atoms with E-state index in [1.165, 1.54) is 0 Å². The maximum atomic E-state index is 12.2. The molecule has 0 spiro atoms. The molecule has 7 nitrogen and oxygen atoms in total. The number of nitrogens with zero attached hydrogens (tertiary/aromatic N) is 4. The number of rotatable bonds is 4. The minimum absolute atomic E-state index is 0.0515. The van der Waals surface area contributed by atoms with Crippen LogP contribution in [-0.4, -0.2) is 50.2 Å². The normalized spacial score (nSPS) is 22.3. The molecule has 2 amide bonds. The van der Waals surface area contributed by atoms with E-state index in [0.29, 0.717) is 5.69 Å². The maximum Gasteiger partial charge on any atom is 0.317 e. The Morgan fingerprint density at radius 1 is 1.52 bits per heavy atom. The number of hydrogen-bond acceptors (Lipinski definition) is 4. The summed E-state index contributed by atoms with van der Waals surface area (Å²) >= 11 is 0. The SMILES string of the molecule is CC(C)N(C)C(=O)N[C@@H]1CCCC[C@@H]1n1cc(CO)nn1. The van der Waals surface area contributed by atoms with Crippen LogP contribution in [0.25, 0.3) is 0 Å². The van der Waals surface area contributed by atoms with Crippen molar-refractivity contribution < 1.29 is 9.90 Å². The molecule has 2 rings (SSSR count). The van der Waals surface area contributed by atoms with Gasteiger partial charge in [0, 0.05) is 13.1 Å². The summed E-state index contributed by atoms with van der Waals surface area (Å²) < 4.78 is 1.78. The highest BCUT2D eigenvalue weighted by Gasteiger charge is 2.30. The van der Waals surface area contributed by atoms with Crippen LogP contribution in [0, 0.1) is 0 Å². The van der Waals surface area contributed by atoms with Crippen LogP contribution in [0.5, 0.6) is 0 Å². The van der Waals surface area contributed by atoms with Gasteiger partial charge in [0.15, 0.2) is 0 Å². The Morgan fingerprint density at radius 2 is 2.24 bits per heavy atom. The van der Waals surface area contributed by atoms with Gasteiger partial charge in [0.25, 0.3) is 0 Å². The zero-order chi connectivity index (χ0) is 15.4. The zero-order valence-corrected chi connectivity index (χ0v) is 13.0. The molecule has 0 saturated heterocycles. The Hall–Kier alpha value is -1.63. The van der Waals surface area contributed by atoms with Gasteiger partial charge in [-0.1, -0.05) is 18.1 Å². The average molecular weight is 295 g/mol. The van der Waals surface area contributed by atoms with E-state index in [1.807, 2.05) is 13.8 Å². The van der Waals surface area contributed by atoms with Crippen LogP contribution in [0.15, 0.2) is 6.20 Å². The summed E-state index contributed by atoms with van der Waals surface area (Å²) in [6.45, 7) is 3.87. The number of hydrogen-bond donors (Lipinski definition) is 2. The van der Waals surface area contributed by atoms with E-state index in [0.717, 1.165) is 25.7 Å². The molecule has 2 N–H and O–H groups in total. The van der Waals surface area contributed by atoms with Crippen molar-refractivity contribution >= 4 is 6.03 Å². The second-order valence-electron chi connectivity index (χ2n) is 5.96. The smallest absolute Gasteiger partial charge is 0.317 e. The number of nitrogens with one attached hydrogen (secondary N) is 1. The number of carbonyl (C=O) groups excluding carboxylic acids is 1. The average Bonchev–Trinajstić information content (AvgIpc) is 2.95. The highest BCUT2D eigenvalue weighted by molar-refractivity contribution is 5.74. The van der Waals surface area contributed by atoms with E-state index in [1.54, 1.807) is 22.8 Å². The van der Waals surface area contributed by atoms with E-state index in [9.17, 15) is 4.79 Å². The summed E-state index contributed by atoms with van der Waals surface area (Å²) in [7, 11) is 1.80. The van der Waals surface area contributed by atoms with Crippen molar-refractivity contribution in [3.8, 4) is 0 Å². The summed E-state index contributed by atoms with van der Waals surface area (Å²) in [6.07, 6.45) is 5.89. The standard InChI is InChI=1S/C14H25N5O2/c1-10(2)18(3)14(21)15-12-6-4-5-7-13(12)19-8-11(9-20)16-17-19/h8,10,12-13,20H,4-7,9H2,1-3H3,(H,15,21)/t12-,13+/m1/s1. The van der Waals surface area contributed by atoms with Gasteiger partial charge in [0.1, 0.15) is 5.69 Å². The van der Waals surface area contributed by atoms with Gasteiger partial charge in [-0.05, 0) is 26.7 Å². The molecule has 1 saturated carbocycles. The van der Waals surface area contributed by atoms with Gasteiger partial charge in [-0.15, -0.1) is 5.10 Å². The summed E-state index contributed by atoms with van der Waals surface area (Å²) in [5, 5.41) is 20.2. The summed E-state index contributed by atoms with van der Waals surface area (Å²) in [4.78, 5) is 13.9. The fraction of sp³-hybridized carbons (Fsp3) is 0.786. The molecule has 21 heavy (non-hydrogen) atoms. The lowest BCUT2D eigenvalue weighted by atomic mass is 9.90. The molecule has 118 valence electrons. The van der Waals surface area contributed by atoms with Crippen LogP contribution in [0.3, 0.4) is 0 Å². The molecule has 0 bridgehead atoms. The largest absolute Gasteiger partial charge is 0.390 e. The molecule has 1 fully saturated rings. The molecule has 1 heterocycles. The Labute approximate surface area is 125 Å². The minimum Gasteiger partial charge on any atom is -0.390 e. The topological polar surface area (TPSA) is 83.3 Å². The highest BCUT2D eigenvalue weighted by atomic mass is 16.3. The number of urea groups is 1. The van der Waals surface area contributed by atoms with E-state index >= 15 is 0 Å².